The summed E-state index contributed by atoms with van der Waals surface area (Å²) in [5, 5.41) is 0. The maximum Gasteiger partial charge on any atom is -0.0349 e. The molecule has 0 radical (unpaired) electrons. The molecule has 0 heteroatoms. The molecule has 0 aromatic heterocycles. The zero-order valence-corrected chi connectivity index (χ0v) is 7.12. The first-order chi connectivity index (χ1) is 4.18. The standard InChI is InChI=1S/C7H14.C2H4/c1-5-7(4)6(2)3;1-2/h5H2,1-4H3;1-2H2. The van der Waals surface area contributed by atoms with E-state index in [4.69, 9.17) is 0 Å². The zero-order valence-electron chi connectivity index (χ0n) is 7.12. The minimum Gasteiger partial charge on any atom is -0.106 e. The van der Waals surface area contributed by atoms with Crippen LogP contribution in [-0.2, 0) is 0 Å². The van der Waals surface area contributed by atoms with Crippen molar-refractivity contribution in [3.63, 3.8) is 0 Å². The van der Waals surface area contributed by atoms with Crippen LogP contribution in [0.3, 0.4) is 0 Å². The summed E-state index contributed by atoms with van der Waals surface area (Å²) in [6.45, 7) is 14.7. The van der Waals surface area contributed by atoms with E-state index < -0.39 is 0 Å². The van der Waals surface area contributed by atoms with Crippen LogP contribution in [0.5, 0.6) is 0 Å². The van der Waals surface area contributed by atoms with Crippen molar-refractivity contribution in [1.29, 1.82) is 0 Å². The van der Waals surface area contributed by atoms with Crippen molar-refractivity contribution < 1.29 is 0 Å². The first kappa shape index (κ1) is 11.3. The lowest BCUT2D eigenvalue weighted by Gasteiger charge is -1.94. The van der Waals surface area contributed by atoms with Crippen molar-refractivity contribution in [3.8, 4) is 0 Å². The van der Waals surface area contributed by atoms with E-state index in [1.807, 2.05) is 0 Å². The van der Waals surface area contributed by atoms with Crippen LogP contribution in [0.2, 0.25) is 0 Å². The molecule has 0 atom stereocenters. The predicted molar refractivity (Wildman–Crippen MR) is 45.6 cm³/mol. The fourth-order valence-electron chi connectivity index (χ4n) is 0.354. The first-order valence-electron chi connectivity index (χ1n) is 3.31. The molecule has 0 spiro atoms. The van der Waals surface area contributed by atoms with Crippen LogP contribution in [0.25, 0.3) is 0 Å². The highest BCUT2D eigenvalue weighted by atomic mass is 13.9. The topological polar surface area (TPSA) is 0 Å². The van der Waals surface area contributed by atoms with E-state index in [-0.39, 0.29) is 0 Å². The second-order valence-corrected chi connectivity index (χ2v) is 2.13. The summed E-state index contributed by atoms with van der Waals surface area (Å²) in [4.78, 5) is 0. The largest absolute Gasteiger partial charge is 0.106 e. The second-order valence-electron chi connectivity index (χ2n) is 2.13. The highest BCUT2D eigenvalue weighted by molar-refractivity contribution is 5.05. The van der Waals surface area contributed by atoms with Crippen LogP contribution < -0.4 is 0 Å². The Morgan fingerprint density at radius 2 is 1.44 bits per heavy atom. The maximum atomic E-state index is 3.00. The van der Waals surface area contributed by atoms with E-state index in [0.29, 0.717) is 0 Å². The van der Waals surface area contributed by atoms with Gasteiger partial charge in [-0.25, -0.2) is 0 Å². The number of hydrogen-bond acceptors (Lipinski definition) is 0. The van der Waals surface area contributed by atoms with E-state index in [2.05, 4.69) is 40.9 Å². The van der Waals surface area contributed by atoms with Gasteiger partial charge in [0.05, 0.1) is 0 Å². The van der Waals surface area contributed by atoms with E-state index in [1.165, 1.54) is 17.6 Å². The van der Waals surface area contributed by atoms with Crippen LogP contribution in [-0.4, -0.2) is 0 Å². The van der Waals surface area contributed by atoms with Crippen LogP contribution in [0.4, 0.5) is 0 Å². The molecule has 0 aliphatic carbocycles. The summed E-state index contributed by atoms with van der Waals surface area (Å²) in [7, 11) is 0. The van der Waals surface area contributed by atoms with Gasteiger partial charge in [0.15, 0.2) is 0 Å². The van der Waals surface area contributed by atoms with Gasteiger partial charge in [-0.3, -0.25) is 0 Å². The van der Waals surface area contributed by atoms with Crippen molar-refractivity contribution in [2.24, 2.45) is 0 Å². The Morgan fingerprint density at radius 1 is 1.11 bits per heavy atom. The Hall–Kier alpha value is -0.520. The predicted octanol–water partition coefficient (Wildman–Crippen LogP) is 3.55. The summed E-state index contributed by atoms with van der Waals surface area (Å²) in [5.74, 6) is 0. The third-order valence-electron chi connectivity index (χ3n) is 1.38. The summed E-state index contributed by atoms with van der Waals surface area (Å²) >= 11 is 0. The van der Waals surface area contributed by atoms with Gasteiger partial charge < -0.3 is 0 Å². The Labute approximate surface area is 59.3 Å². The molecule has 0 rings (SSSR count). The van der Waals surface area contributed by atoms with Gasteiger partial charge in [-0.2, -0.15) is 0 Å². The van der Waals surface area contributed by atoms with Crippen molar-refractivity contribution in [3.05, 3.63) is 24.3 Å². The molecule has 0 aromatic carbocycles. The molecule has 0 fully saturated rings. The second kappa shape index (κ2) is 7.48. The monoisotopic (exact) mass is 126 g/mol. The van der Waals surface area contributed by atoms with Crippen molar-refractivity contribution in [1.82, 2.24) is 0 Å². The fourth-order valence-corrected chi connectivity index (χ4v) is 0.354. The fraction of sp³-hybridized carbons (Fsp3) is 0.556. The quantitative estimate of drug-likeness (QED) is 0.471. The van der Waals surface area contributed by atoms with Crippen molar-refractivity contribution >= 4 is 0 Å². The summed E-state index contributed by atoms with van der Waals surface area (Å²) in [6, 6.07) is 0. The zero-order chi connectivity index (χ0) is 7.86. The van der Waals surface area contributed by atoms with E-state index in [9.17, 15) is 0 Å². The number of rotatable bonds is 1. The van der Waals surface area contributed by atoms with Crippen molar-refractivity contribution in [2.45, 2.75) is 34.1 Å². The molecule has 54 valence electrons. The molecule has 0 amide bonds. The summed E-state index contributed by atoms with van der Waals surface area (Å²) in [6.07, 6.45) is 1.20. The number of allylic oxidation sites excluding steroid dienone is 2. The Kier molecular flexibility index (Phi) is 9.39. The van der Waals surface area contributed by atoms with Gasteiger partial charge in [-0.05, 0) is 27.2 Å². The summed E-state index contributed by atoms with van der Waals surface area (Å²) in [5.41, 5.74) is 2.97. The maximum absolute atomic E-state index is 3.00. The molecule has 0 N–H and O–H groups in total. The van der Waals surface area contributed by atoms with Crippen LogP contribution in [0.1, 0.15) is 34.1 Å². The van der Waals surface area contributed by atoms with Crippen LogP contribution >= 0.6 is 0 Å². The average Bonchev–Trinajstić information content (AvgIpc) is 1.91. The third kappa shape index (κ3) is 7.48. The minimum absolute atomic E-state index is 1.20. The molecule has 0 aromatic rings. The van der Waals surface area contributed by atoms with E-state index >= 15 is 0 Å². The van der Waals surface area contributed by atoms with Crippen molar-refractivity contribution in [2.75, 3.05) is 0 Å². The molecule has 0 aliphatic rings. The lowest BCUT2D eigenvalue weighted by molar-refractivity contribution is 1.05. The molecule has 0 nitrogen and oxygen atoms in total. The van der Waals surface area contributed by atoms with Gasteiger partial charge in [0, 0.05) is 0 Å². The van der Waals surface area contributed by atoms with Gasteiger partial charge >= 0.3 is 0 Å². The molecule has 0 aliphatic heterocycles. The van der Waals surface area contributed by atoms with E-state index in [0.717, 1.165) is 0 Å². The lowest BCUT2D eigenvalue weighted by Crippen LogP contribution is -1.73. The molecule has 9 heavy (non-hydrogen) atoms. The lowest BCUT2D eigenvalue weighted by atomic mass is 10.1. The molecule has 0 saturated carbocycles. The Bertz CT molecular complexity index is 84.2. The van der Waals surface area contributed by atoms with Gasteiger partial charge in [-0.1, -0.05) is 18.1 Å². The molecule has 0 saturated heterocycles. The van der Waals surface area contributed by atoms with Crippen LogP contribution in [0.15, 0.2) is 24.3 Å². The Balaban J connectivity index is 0. The van der Waals surface area contributed by atoms with E-state index in [1.54, 1.807) is 0 Å². The molecule has 0 heterocycles. The SMILES string of the molecule is C=C.CCC(C)=C(C)C. The van der Waals surface area contributed by atoms with Gasteiger partial charge in [0.1, 0.15) is 0 Å². The highest BCUT2D eigenvalue weighted by Gasteiger charge is 1.82. The highest BCUT2D eigenvalue weighted by Crippen LogP contribution is 2.04. The average molecular weight is 126 g/mol. The van der Waals surface area contributed by atoms with Gasteiger partial charge in [0.2, 0.25) is 0 Å². The van der Waals surface area contributed by atoms with Crippen LogP contribution in [0, 0.1) is 0 Å². The Morgan fingerprint density at radius 3 is 1.44 bits per heavy atom. The minimum atomic E-state index is 1.20. The molecular formula is C9H18. The molecule has 0 unspecified atom stereocenters. The first-order valence-corrected chi connectivity index (χ1v) is 3.31. The summed E-state index contributed by atoms with van der Waals surface area (Å²) < 4.78 is 0. The number of hydrogen-bond donors (Lipinski definition) is 0. The molecule has 0 bridgehead atoms. The third-order valence-corrected chi connectivity index (χ3v) is 1.38. The molecular weight excluding hydrogens is 108 g/mol. The smallest absolute Gasteiger partial charge is 0.0349 e. The normalized spacial score (nSPS) is 7.11. The van der Waals surface area contributed by atoms with Gasteiger partial charge in [0.25, 0.3) is 0 Å². The van der Waals surface area contributed by atoms with Gasteiger partial charge in [-0.15, -0.1) is 13.2 Å².